The quantitative estimate of drug-likeness (QED) is 0.445. The smallest absolute Gasteiger partial charge is 0.419 e. The third-order valence-electron chi connectivity index (χ3n) is 3.94. The van der Waals surface area contributed by atoms with E-state index in [1.54, 1.807) is 0 Å². The highest BCUT2D eigenvalue weighted by Gasteiger charge is 2.33. The van der Waals surface area contributed by atoms with Crippen LogP contribution in [0.5, 0.6) is 5.75 Å². The maximum Gasteiger partial charge on any atom is 0.419 e. The molecule has 0 saturated carbocycles. The van der Waals surface area contributed by atoms with Gasteiger partial charge in [0.25, 0.3) is 0 Å². The molecule has 0 atom stereocenters. The van der Waals surface area contributed by atoms with Gasteiger partial charge < -0.3 is 15.4 Å². The molecule has 170 valence electrons. The molecule has 0 aliphatic rings. The molecule has 0 spiro atoms. The Morgan fingerprint density at radius 3 is 2.45 bits per heavy atom. The lowest BCUT2D eigenvalue weighted by Crippen LogP contribution is -2.33. The van der Waals surface area contributed by atoms with Crippen LogP contribution in [-0.2, 0) is 21.0 Å². The summed E-state index contributed by atoms with van der Waals surface area (Å²) < 4.78 is 70.7. The van der Waals surface area contributed by atoms with E-state index in [4.69, 9.17) is 4.74 Å². The highest BCUT2D eigenvalue weighted by atomic mass is 32.2. The van der Waals surface area contributed by atoms with E-state index in [2.05, 4.69) is 20.3 Å². The molecule has 12 heteroatoms. The van der Waals surface area contributed by atoms with E-state index in [0.717, 1.165) is 6.07 Å². The van der Waals surface area contributed by atoms with Gasteiger partial charge in [0.1, 0.15) is 11.6 Å². The molecule has 3 N–H and O–H groups in total. The number of halogens is 3. The number of hydrogen-bond donors (Lipinski definition) is 3. The number of anilines is 1. The molecule has 1 aromatic carbocycles. The Labute approximate surface area is 178 Å². The van der Waals surface area contributed by atoms with Crippen molar-refractivity contribution in [2.45, 2.75) is 24.4 Å². The molecule has 1 amide bonds. The van der Waals surface area contributed by atoms with Crippen LogP contribution in [0, 0.1) is 0 Å². The topological polar surface area (TPSA) is 109 Å². The summed E-state index contributed by atoms with van der Waals surface area (Å²) >= 11 is 0. The number of hydrogen-bond acceptors (Lipinski definition) is 6. The van der Waals surface area contributed by atoms with E-state index < -0.39 is 27.7 Å². The molecule has 0 aliphatic carbocycles. The third kappa shape index (κ3) is 7.72. The number of pyridine rings is 1. The van der Waals surface area contributed by atoms with Crippen LogP contribution in [0.3, 0.4) is 0 Å². The van der Waals surface area contributed by atoms with Crippen molar-refractivity contribution >= 4 is 21.7 Å². The summed E-state index contributed by atoms with van der Waals surface area (Å²) in [6, 6.07) is 7.94. The Kier molecular flexibility index (Phi) is 8.63. The predicted molar refractivity (Wildman–Crippen MR) is 108 cm³/mol. The fraction of sp³-hybridized carbons (Fsp3) is 0.368. The molecule has 0 saturated heterocycles. The largest absolute Gasteiger partial charge is 0.494 e. The van der Waals surface area contributed by atoms with Crippen molar-refractivity contribution in [3.05, 3.63) is 48.2 Å². The monoisotopic (exact) mass is 460 g/mol. The van der Waals surface area contributed by atoms with Gasteiger partial charge in [0.2, 0.25) is 15.9 Å². The molecule has 0 aliphatic heterocycles. The average Bonchev–Trinajstić information content (AvgIpc) is 2.71. The normalized spacial score (nSPS) is 11.7. The van der Waals surface area contributed by atoms with Gasteiger partial charge in [0.15, 0.2) is 0 Å². The molecule has 8 nitrogen and oxygen atoms in total. The molecule has 0 fully saturated rings. The van der Waals surface area contributed by atoms with E-state index in [0.29, 0.717) is 12.4 Å². The maximum absolute atomic E-state index is 12.9. The Bertz CT molecular complexity index is 967. The van der Waals surface area contributed by atoms with Crippen molar-refractivity contribution in [2.24, 2.45) is 0 Å². The van der Waals surface area contributed by atoms with Crippen LogP contribution in [0.2, 0.25) is 0 Å². The molecular formula is C19H23F3N4O4S. The highest BCUT2D eigenvalue weighted by Crippen LogP contribution is 2.33. The lowest BCUT2D eigenvalue weighted by molar-refractivity contribution is -0.137. The first kappa shape index (κ1) is 24.4. The van der Waals surface area contributed by atoms with Gasteiger partial charge in [0.05, 0.1) is 17.1 Å². The zero-order chi connectivity index (χ0) is 22.9. The first-order valence-corrected chi connectivity index (χ1v) is 10.9. The third-order valence-corrected chi connectivity index (χ3v) is 5.42. The van der Waals surface area contributed by atoms with Gasteiger partial charge in [-0.2, -0.15) is 13.2 Å². The fourth-order valence-corrected chi connectivity index (χ4v) is 3.54. The first-order chi connectivity index (χ1) is 14.6. The van der Waals surface area contributed by atoms with Crippen LogP contribution >= 0.6 is 0 Å². The van der Waals surface area contributed by atoms with Gasteiger partial charge in [-0.15, -0.1) is 0 Å². The van der Waals surface area contributed by atoms with Gasteiger partial charge in [-0.1, -0.05) is 0 Å². The molecule has 1 heterocycles. The Morgan fingerprint density at radius 1 is 1.10 bits per heavy atom. The van der Waals surface area contributed by atoms with Gasteiger partial charge >= 0.3 is 6.18 Å². The number of nitrogens with zero attached hydrogens (tertiary/aromatic N) is 1. The van der Waals surface area contributed by atoms with Crippen molar-refractivity contribution in [2.75, 3.05) is 31.6 Å². The molecule has 2 aromatic rings. The standard InChI is InChI=1S/C19H23F3N4O4S/c1-2-30-14-5-7-15(8-6-14)31(28,29)26-11-9-17(27)23-12-13-25-18-16(19(20,21)22)4-3-10-24-18/h3-8,10,26H,2,9,11-13H2,1H3,(H,23,27)(H,24,25). The van der Waals surface area contributed by atoms with Crippen LogP contribution in [0.4, 0.5) is 19.0 Å². The van der Waals surface area contributed by atoms with Crippen molar-refractivity contribution in [1.29, 1.82) is 0 Å². The Balaban J connectivity index is 1.73. The van der Waals surface area contributed by atoms with E-state index >= 15 is 0 Å². The summed E-state index contributed by atoms with van der Waals surface area (Å²) in [7, 11) is -3.78. The highest BCUT2D eigenvalue weighted by molar-refractivity contribution is 7.89. The molecular weight excluding hydrogens is 437 g/mol. The molecule has 0 unspecified atom stereocenters. The summed E-state index contributed by atoms with van der Waals surface area (Å²) in [5.74, 6) is -0.233. The Morgan fingerprint density at radius 2 is 1.81 bits per heavy atom. The second kappa shape index (κ2) is 11.0. The van der Waals surface area contributed by atoms with E-state index in [1.165, 1.54) is 36.5 Å². The SMILES string of the molecule is CCOc1ccc(S(=O)(=O)NCCC(=O)NCCNc2ncccc2C(F)(F)F)cc1. The summed E-state index contributed by atoms with van der Waals surface area (Å²) in [5.41, 5.74) is -0.898. The predicted octanol–water partition coefficient (Wildman–Crippen LogP) is 2.40. The number of amides is 1. The number of ether oxygens (including phenoxy) is 1. The molecule has 0 bridgehead atoms. The van der Waals surface area contributed by atoms with Crippen LogP contribution in [0.25, 0.3) is 0 Å². The number of alkyl halides is 3. The van der Waals surface area contributed by atoms with Crippen molar-refractivity contribution in [1.82, 2.24) is 15.0 Å². The lowest BCUT2D eigenvalue weighted by atomic mass is 10.2. The fourth-order valence-electron chi connectivity index (χ4n) is 2.51. The second-order valence-electron chi connectivity index (χ2n) is 6.23. The first-order valence-electron chi connectivity index (χ1n) is 9.39. The van der Waals surface area contributed by atoms with Gasteiger partial charge in [0, 0.05) is 32.3 Å². The van der Waals surface area contributed by atoms with Gasteiger partial charge in [-0.05, 0) is 43.3 Å². The number of sulfonamides is 1. The summed E-state index contributed by atoms with van der Waals surface area (Å²) in [4.78, 5) is 15.5. The zero-order valence-corrected chi connectivity index (χ0v) is 17.5. The van der Waals surface area contributed by atoms with Gasteiger partial charge in [-0.25, -0.2) is 18.1 Å². The van der Waals surface area contributed by atoms with Crippen molar-refractivity contribution < 1.29 is 31.1 Å². The van der Waals surface area contributed by atoms with Gasteiger partial charge in [-0.3, -0.25) is 4.79 Å². The van der Waals surface area contributed by atoms with Crippen molar-refractivity contribution in [3.8, 4) is 5.75 Å². The minimum atomic E-state index is -4.54. The lowest BCUT2D eigenvalue weighted by Gasteiger charge is -2.13. The number of aromatic nitrogens is 1. The number of carbonyl (C=O) groups is 1. The molecule has 31 heavy (non-hydrogen) atoms. The minimum Gasteiger partial charge on any atom is -0.494 e. The molecule has 1 aromatic heterocycles. The number of carbonyl (C=O) groups excluding carboxylic acids is 1. The van der Waals surface area contributed by atoms with E-state index in [9.17, 15) is 26.4 Å². The molecule has 2 rings (SSSR count). The van der Waals surface area contributed by atoms with Crippen LogP contribution in [0.1, 0.15) is 18.9 Å². The summed E-state index contributed by atoms with van der Waals surface area (Å²) in [6.45, 7) is 2.20. The van der Waals surface area contributed by atoms with Crippen LogP contribution in [0.15, 0.2) is 47.5 Å². The van der Waals surface area contributed by atoms with E-state index in [-0.39, 0.29) is 36.8 Å². The number of nitrogens with one attached hydrogen (secondary N) is 3. The number of rotatable bonds is 11. The van der Waals surface area contributed by atoms with E-state index in [1.807, 2.05) is 6.92 Å². The Hall–Kier alpha value is -2.86. The van der Waals surface area contributed by atoms with Crippen LogP contribution in [-0.4, -0.2) is 45.6 Å². The maximum atomic E-state index is 12.9. The number of benzene rings is 1. The zero-order valence-electron chi connectivity index (χ0n) is 16.7. The van der Waals surface area contributed by atoms with Crippen molar-refractivity contribution in [3.63, 3.8) is 0 Å². The summed E-state index contributed by atoms with van der Waals surface area (Å²) in [6.07, 6.45) is -3.44. The second-order valence-corrected chi connectivity index (χ2v) is 7.99. The average molecular weight is 460 g/mol. The minimum absolute atomic E-state index is 0.0176. The molecule has 0 radical (unpaired) electrons. The summed E-state index contributed by atoms with van der Waals surface area (Å²) in [5, 5.41) is 5.02. The van der Waals surface area contributed by atoms with Crippen LogP contribution < -0.4 is 20.1 Å².